The first-order valence-corrected chi connectivity index (χ1v) is 10.7. The number of rotatable bonds is 7. The van der Waals surface area contributed by atoms with Crippen molar-refractivity contribution in [1.29, 1.82) is 0 Å². The van der Waals surface area contributed by atoms with Crippen LogP contribution >= 0.6 is 0 Å². The first-order valence-electron chi connectivity index (χ1n) is 10.7. The second kappa shape index (κ2) is 8.97. The number of hydrogen-bond donors (Lipinski definition) is 2. The van der Waals surface area contributed by atoms with Gasteiger partial charge in [-0.15, -0.1) is 0 Å². The minimum Gasteiger partial charge on any atom is -0.370 e. The first-order chi connectivity index (χ1) is 14.1. The highest BCUT2D eigenvalue weighted by Crippen LogP contribution is 2.38. The largest absolute Gasteiger partial charge is 0.370 e. The average Bonchev–Trinajstić information content (AvgIpc) is 3.52. The van der Waals surface area contributed by atoms with Gasteiger partial charge in [0.25, 0.3) is 0 Å². The zero-order chi connectivity index (χ0) is 20.2. The molecule has 5 nitrogen and oxygen atoms in total. The van der Waals surface area contributed by atoms with Gasteiger partial charge in [0.1, 0.15) is 19.6 Å². The summed E-state index contributed by atoms with van der Waals surface area (Å²) in [6.45, 7) is 9.60. The van der Waals surface area contributed by atoms with Gasteiger partial charge in [-0.2, -0.15) is 0 Å². The van der Waals surface area contributed by atoms with Gasteiger partial charge in [-0.3, -0.25) is 4.79 Å². The number of quaternary nitrogens is 1. The molecule has 1 amide bonds. The predicted molar refractivity (Wildman–Crippen MR) is 115 cm³/mol. The molecule has 4 rings (SSSR count). The Morgan fingerprint density at radius 2 is 1.93 bits per heavy atom. The number of nitrogens with one attached hydrogen (secondary N) is 2. The van der Waals surface area contributed by atoms with E-state index in [0.29, 0.717) is 12.6 Å². The van der Waals surface area contributed by atoms with Crippen LogP contribution in [0.25, 0.3) is 6.08 Å². The van der Waals surface area contributed by atoms with Crippen molar-refractivity contribution in [2.45, 2.75) is 45.8 Å². The molecule has 1 aliphatic carbocycles. The highest BCUT2D eigenvalue weighted by atomic mass is 16.5. The lowest BCUT2D eigenvalue weighted by atomic mass is 10.1. The summed E-state index contributed by atoms with van der Waals surface area (Å²) in [6, 6.07) is 11.3. The van der Waals surface area contributed by atoms with E-state index in [2.05, 4.69) is 48.0 Å². The van der Waals surface area contributed by atoms with Crippen LogP contribution < -0.4 is 10.2 Å². The summed E-state index contributed by atoms with van der Waals surface area (Å²) >= 11 is 0. The van der Waals surface area contributed by atoms with Gasteiger partial charge in [0.15, 0.2) is 0 Å². The van der Waals surface area contributed by atoms with Gasteiger partial charge < -0.3 is 19.5 Å². The number of aryl methyl sites for hydroxylation is 1. The molecule has 1 saturated heterocycles. The molecule has 0 bridgehead atoms. The Balaban J connectivity index is 1.35. The van der Waals surface area contributed by atoms with Gasteiger partial charge in [-0.25, -0.2) is 0 Å². The molecule has 2 heterocycles. The van der Waals surface area contributed by atoms with Crippen LogP contribution in [0.15, 0.2) is 36.4 Å². The lowest BCUT2D eigenvalue weighted by molar-refractivity contribution is -0.921. The van der Waals surface area contributed by atoms with E-state index < -0.39 is 0 Å². The van der Waals surface area contributed by atoms with Crippen molar-refractivity contribution < 1.29 is 14.4 Å². The normalized spacial score (nSPS) is 17.7. The van der Waals surface area contributed by atoms with E-state index in [1.54, 1.807) is 11.0 Å². The number of carbonyl (C=O) groups is 1. The molecule has 1 aromatic carbocycles. The van der Waals surface area contributed by atoms with Crippen LogP contribution in [-0.2, 0) is 22.6 Å². The van der Waals surface area contributed by atoms with Crippen LogP contribution in [0.1, 0.15) is 47.0 Å². The van der Waals surface area contributed by atoms with E-state index in [9.17, 15) is 4.79 Å². The lowest BCUT2D eigenvalue weighted by Gasteiger charge is -2.24. The zero-order valence-electron chi connectivity index (χ0n) is 17.5. The highest BCUT2D eigenvalue weighted by Gasteiger charge is 2.26. The number of ether oxygens (including phenoxy) is 1. The van der Waals surface area contributed by atoms with Gasteiger partial charge in [0.2, 0.25) is 5.91 Å². The van der Waals surface area contributed by atoms with E-state index in [-0.39, 0.29) is 5.91 Å². The fraction of sp³-hybridized carbons (Fsp3) is 0.458. The van der Waals surface area contributed by atoms with E-state index in [4.69, 9.17) is 4.74 Å². The Bertz CT molecular complexity index is 890. The van der Waals surface area contributed by atoms with Crippen molar-refractivity contribution in [3.8, 4) is 0 Å². The number of nitrogens with zero attached hydrogens (tertiary/aromatic N) is 1. The Labute approximate surface area is 173 Å². The molecule has 29 heavy (non-hydrogen) atoms. The van der Waals surface area contributed by atoms with Crippen molar-refractivity contribution >= 4 is 12.0 Å². The maximum atomic E-state index is 12.4. The molecule has 2 aromatic rings. The van der Waals surface area contributed by atoms with Crippen LogP contribution in [0, 0.1) is 13.8 Å². The summed E-state index contributed by atoms with van der Waals surface area (Å²) in [7, 11) is 0. The molecule has 0 spiro atoms. The summed E-state index contributed by atoms with van der Waals surface area (Å²) < 4.78 is 7.86. The summed E-state index contributed by atoms with van der Waals surface area (Å²) in [5, 5.41) is 3.06. The molecule has 0 unspecified atom stereocenters. The van der Waals surface area contributed by atoms with Crippen LogP contribution in [0.4, 0.5) is 0 Å². The number of hydrogen-bond acceptors (Lipinski definition) is 2. The summed E-state index contributed by atoms with van der Waals surface area (Å²) in [4.78, 5) is 14.0. The third-order valence-electron chi connectivity index (χ3n) is 6.06. The van der Waals surface area contributed by atoms with E-state index in [0.717, 1.165) is 38.4 Å². The van der Waals surface area contributed by atoms with Crippen LogP contribution in [0.5, 0.6) is 0 Å². The molecule has 2 aliphatic rings. The Hall–Kier alpha value is -2.37. The van der Waals surface area contributed by atoms with Gasteiger partial charge in [-0.05, 0) is 50.0 Å². The lowest BCUT2D eigenvalue weighted by Crippen LogP contribution is -3.12. The Morgan fingerprint density at radius 3 is 2.66 bits per heavy atom. The number of amides is 1. The summed E-state index contributed by atoms with van der Waals surface area (Å²) in [5.74, 6) is -0.0465. The van der Waals surface area contributed by atoms with Crippen molar-refractivity contribution in [3.63, 3.8) is 0 Å². The summed E-state index contributed by atoms with van der Waals surface area (Å²) in [6.07, 6.45) is 6.15. The van der Waals surface area contributed by atoms with Crippen LogP contribution in [0.3, 0.4) is 0 Å². The van der Waals surface area contributed by atoms with Crippen molar-refractivity contribution in [2.75, 3.05) is 26.3 Å². The standard InChI is InChI=1S/C24H31N3O2/c1-18-15-20(19(2)27(18)23-8-9-23)7-10-24(28)25-16-21-5-3-4-6-22(21)17-26-11-13-29-14-12-26/h3-7,10,15,23H,8-9,11-14,16-17H2,1-2H3,(H,25,28)/p+1/b10-7+. The highest BCUT2D eigenvalue weighted by molar-refractivity contribution is 5.91. The van der Waals surface area contributed by atoms with Crippen LogP contribution in [-0.4, -0.2) is 36.8 Å². The minimum absolute atomic E-state index is 0.0465. The molecule has 1 aliphatic heterocycles. The Kier molecular flexibility index (Phi) is 6.16. The van der Waals surface area contributed by atoms with E-state index in [1.165, 1.54) is 35.4 Å². The zero-order valence-corrected chi connectivity index (χ0v) is 17.5. The maximum Gasteiger partial charge on any atom is 0.244 e. The van der Waals surface area contributed by atoms with Gasteiger partial charge in [0.05, 0.1) is 13.2 Å². The smallest absolute Gasteiger partial charge is 0.244 e. The van der Waals surface area contributed by atoms with Crippen molar-refractivity contribution in [1.82, 2.24) is 9.88 Å². The predicted octanol–water partition coefficient (Wildman–Crippen LogP) is 2.18. The monoisotopic (exact) mass is 394 g/mol. The van der Waals surface area contributed by atoms with E-state index >= 15 is 0 Å². The number of morpholine rings is 1. The molecule has 2 fully saturated rings. The summed E-state index contributed by atoms with van der Waals surface area (Å²) in [5.41, 5.74) is 6.18. The van der Waals surface area contributed by atoms with E-state index in [1.807, 2.05) is 12.1 Å². The quantitative estimate of drug-likeness (QED) is 0.708. The Morgan fingerprint density at radius 1 is 1.21 bits per heavy atom. The van der Waals surface area contributed by atoms with Crippen molar-refractivity contribution in [2.24, 2.45) is 0 Å². The van der Waals surface area contributed by atoms with Gasteiger partial charge >= 0.3 is 0 Å². The SMILES string of the molecule is Cc1cc(/C=C/C(=O)NCc2ccccc2C[NH+]2CCOCC2)c(C)n1C1CC1. The number of aromatic nitrogens is 1. The fourth-order valence-electron chi connectivity index (χ4n) is 4.28. The van der Waals surface area contributed by atoms with Crippen molar-refractivity contribution in [3.05, 3.63) is 64.5 Å². The molecular weight excluding hydrogens is 362 g/mol. The number of benzene rings is 1. The molecule has 1 saturated carbocycles. The van der Waals surface area contributed by atoms with Gasteiger partial charge in [-0.1, -0.05) is 24.3 Å². The molecule has 0 radical (unpaired) electrons. The molecule has 5 heteroatoms. The first kappa shape index (κ1) is 19.9. The maximum absolute atomic E-state index is 12.4. The fourth-order valence-corrected chi connectivity index (χ4v) is 4.28. The third kappa shape index (κ3) is 4.98. The topological polar surface area (TPSA) is 47.7 Å². The second-order valence-corrected chi connectivity index (χ2v) is 8.29. The molecule has 1 aromatic heterocycles. The third-order valence-corrected chi connectivity index (χ3v) is 6.06. The average molecular weight is 395 g/mol. The molecular formula is C24H32N3O2+. The second-order valence-electron chi connectivity index (χ2n) is 8.29. The van der Waals surface area contributed by atoms with Gasteiger partial charge in [0, 0.05) is 35.6 Å². The minimum atomic E-state index is -0.0465. The van der Waals surface area contributed by atoms with Crippen LogP contribution in [0.2, 0.25) is 0 Å². The number of carbonyl (C=O) groups excluding carboxylic acids is 1. The molecule has 0 atom stereocenters. The molecule has 154 valence electrons. The molecule has 2 N–H and O–H groups in total.